The standard InChI is InChI=1S/C15H23N5O16P2/c16-19-18-8-5(3-21)34-14(12(26)10(8)24)35-38(30,31)36-37(28,29)32-4-6-9(23)11(25)13(33-6)20-2-1-7(22)17-15(20)27/h1-2,5-6,8-14,21,23-26H,3-4H2,(H,28,29)(H,30,31)(H,17,22,27)/t5-,6-,8+,9-,10+,11-,12-,13-,14-/m1/s1. The van der Waals surface area contributed by atoms with Crippen LogP contribution >= 0.6 is 15.6 Å². The summed E-state index contributed by atoms with van der Waals surface area (Å²) >= 11 is 0. The number of aromatic amines is 1. The molecule has 38 heavy (non-hydrogen) atoms. The molecule has 0 bridgehead atoms. The van der Waals surface area contributed by atoms with Crippen LogP contribution in [0, 0.1) is 0 Å². The van der Waals surface area contributed by atoms with Gasteiger partial charge in [0.25, 0.3) is 5.56 Å². The smallest absolute Gasteiger partial charge is 0.394 e. The Labute approximate surface area is 210 Å². The lowest BCUT2D eigenvalue weighted by molar-refractivity contribution is -0.251. The average molecular weight is 591 g/mol. The first-order valence-electron chi connectivity index (χ1n) is 10.4. The number of H-pyrrole nitrogens is 1. The minimum absolute atomic E-state index is 0.718. The lowest BCUT2D eigenvalue weighted by Crippen LogP contribution is -2.58. The number of nitrogens with one attached hydrogen (secondary N) is 1. The van der Waals surface area contributed by atoms with Crippen LogP contribution in [-0.2, 0) is 32.0 Å². The highest BCUT2D eigenvalue weighted by Gasteiger charge is 2.49. The van der Waals surface area contributed by atoms with E-state index in [2.05, 4.69) is 23.4 Å². The normalized spacial score (nSPS) is 36.7. The van der Waals surface area contributed by atoms with E-state index >= 15 is 0 Å². The number of phosphoric ester groups is 2. The van der Waals surface area contributed by atoms with Gasteiger partial charge in [-0.2, -0.15) is 4.31 Å². The van der Waals surface area contributed by atoms with Crippen LogP contribution in [0.1, 0.15) is 6.23 Å². The number of hydrogen-bond acceptors (Lipinski definition) is 15. The molecule has 2 unspecified atom stereocenters. The Morgan fingerprint density at radius 2 is 1.74 bits per heavy atom. The Hall–Kier alpha value is -2.03. The summed E-state index contributed by atoms with van der Waals surface area (Å²) in [5, 5.41) is 52.8. The van der Waals surface area contributed by atoms with Crippen LogP contribution in [0.25, 0.3) is 10.4 Å². The number of hydrogen-bond donors (Lipinski definition) is 8. The zero-order chi connectivity index (χ0) is 28.4. The van der Waals surface area contributed by atoms with E-state index in [0.29, 0.717) is 0 Å². The molecule has 21 nitrogen and oxygen atoms in total. The molecule has 0 spiro atoms. The third kappa shape index (κ3) is 6.93. The average Bonchev–Trinajstić information content (AvgIpc) is 3.10. The van der Waals surface area contributed by atoms with Crippen LogP contribution in [-0.4, -0.2) is 107 Å². The second kappa shape index (κ2) is 12.0. The first-order valence-corrected chi connectivity index (χ1v) is 13.4. The van der Waals surface area contributed by atoms with Crippen LogP contribution in [0.5, 0.6) is 0 Å². The second-order valence-electron chi connectivity index (χ2n) is 7.89. The fraction of sp³-hybridized carbons (Fsp3) is 0.733. The van der Waals surface area contributed by atoms with Gasteiger partial charge in [-0.15, -0.1) is 0 Å². The van der Waals surface area contributed by atoms with E-state index in [1.54, 1.807) is 0 Å². The van der Waals surface area contributed by atoms with Gasteiger partial charge in [0, 0.05) is 17.2 Å². The molecule has 2 saturated heterocycles. The van der Waals surface area contributed by atoms with Gasteiger partial charge in [-0.1, -0.05) is 5.11 Å². The minimum atomic E-state index is -5.63. The predicted molar refractivity (Wildman–Crippen MR) is 116 cm³/mol. The van der Waals surface area contributed by atoms with Gasteiger partial charge < -0.3 is 44.8 Å². The second-order valence-corrected chi connectivity index (χ2v) is 10.9. The number of aromatic nitrogens is 2. The van der Waals surface area contributed by atoms with Gasteiger partial charge in [-0.05, 0) is 5.53 Å². The third-order valence-corrected chi connectivity index (χ3v) is 7.94. The predicted octanol–water partition coefficient (Wildman–Crippen LogP) is -3.48. The van der Waals surface area contributed by atoms with Crippen molar-refractivity contribution in [3.63, 3.8) is 0 Å². The summed E-state index contributed by atoms with van der Waals surface area (Å²) in [6, 6.07) is -0.594. The van der Waals surface area contributed by atoms with Crippen LogP contribution in [0.15, 0.2) is 27.0 Å². The molecular formula is C15H23N5O16P2. The van der Waals surface area contributed by atoms with Crippen LogP contribution in [0.4, 0.5) is 0 Å². The van der Waals surface area contributed by atoms with Gasteiger partial charge >= 0.3 is 21.3 Å². The number of rotatable bonds is 10. The number of aliphatic hydroxyl groups is 5. The maximum absolute atomic E-state index is 12.3. The summed E-state index contributed by atoms with van der Waals surface area (Å²) in [5.74, 6) is 0. The lowest BCUT2D eigenvalue weighted by atomic mass is 9.97. The number of azide groups is 1. The SMILES string of the molecule is [N-]=[N+]=N[C@@H]1[C@H](O)[C@@H](O)[C@@H](OP(=O)(O)OP(=O)(O)OC[C@H]2O[C@@H](n3ccc(=O)[nH]c3=O)[C@H](O)[C@@H]2O)O[C@@H]1CO. The minimum Gasteiger partial charge on any atom is -0.394 e. The molecule has 2 fully saturated rings. The van der Waals surface area contributed by atoms with Gasteiger partial charge in [-0.25, -0.2) is 13.9 Å². The van der Waals surface area contributed by atoms with Crippen molar-refractivity contribution in [1.82, 2.24) is 9.55 Å². The Morgan fingerprint density at radius 1 is 1.05 bits per heavy atom. The van der Waals surface area contributed by atoms with Crippen molar-refractivity contribution in [2.45, 2.75) is 55.2 Å². The molecule has 1 aromatic heterocycles. The first kappa shape index (κ1) is 30.5. The summed E-state index contributed by atoms with van der Waals surface area (Å²) in [7, 11) is -11.1. The van der Waals surface area contributed by atoms with E-state index in [4.69, 9.17) is 15.0 Å². The van der Waals surface area contributed by atoms with Crippen LogP contribution in [0.3, 0.4) is 0 Å². The topological polar surface area (TPSA) is 326 Å². The summed E-state index contributed by atoms with van der Waals surface area (Å²) in [4.78, 5) is 47.1. The number of nitrogens with zero attached hydrogens (tertiary/aromatic N) is 4. The molecule has 11 atom stereocenters. The summed E-state index contributed by atoms with van der Waals surface area (Å²) in [6.07, 6.45) is -13.6. The lowest BCUT2D eigenvalue weighted by Gasteiger charge is -2.40. The van der Waals surface area contributed by atoms with Crippen molar-refractivity contribution in [3.05, 3.63) is 43.5 Å². The third-order valence-electron chi connectivity index (χ3n) is 5.34. The van der Waals surface area contributed by atoms with Gasteiger partial charge in [0.05, 0.1) is 31.5 Å². The van der Waals surface area contributed by atoms with E-state index < -0.39 is 95.3 Å². The summed E-state index contributed by atoms with van der Waals surface area (Å²) in [6.45, 7) is -1.93. The monoisotopic (exact) mass is 591 g/mol. The molecule has 8 N–H and O–H groups in total. The van der Waals surface area contributed by atoms with E-state index in [1.807, 2.05) is 4.98 Å². The van der Waals surface area contributed by atoms with E-state index in [1.165, 1.54) is 0 Å². The van der Waals surface area contributed by atoms with Gasteiger partial charge in [0.15, 0.2) is 12.5 Å². The summed E-state index contributed by atoms with van der Waals surface area (Å²) < 4.78 is 48.5. The molecule has 0 radical (unpaired) electrons. The molecule has 0 amide bonds. The number of phosphoric acid groups is 2. The highest BCUT2D eigenvalue weighted by molar-refractivity contribution is 7.61. The fourth-order valence-corrected chi connectivity index (χ4v) is 5.71. The Morgan fingerprint density at radius 3 is 2.34 bits per heavy atom. The molecular weight excluding hydrogens is 568 g/mol. The molecule has 1 aromatic rings. The highest BCUT2D eigenvalue weighted by Crippen LogP contribution is 2.61. The number of ether oxygens (including phenoxy) is 2. The van der Waals surface area contributed by atoms with Crippen molar-refractivity contribution in [2.75, 3.05) is 13.2 Å². The quantitative estimate of drug-likeness (QED) is 0.0567. The maximum Gasteiger partial charge on any atom is 0.483 e. The largest absolute Gasteiger partial charge is 0.483 e. The molecule has 2 aliphatic heterocycles. The molecule has 0 aromatic carbocycles. The molecule has 23 heteroatoms. The molecule has 2 aliphatic rings. The van der Waals surface area contributed by atoms with Gasteiger partial charge in [0.2, 0.25) is 0 Å². The number of aliphatic hydroxyl groups excluding tert-OH is 5. The van der Waals surface area contributed by atoms with Crippen molar-refractivity contribution < 1.29 is 67.3 Å². The van der Waals surface area contributed by atoms with Crippen molar-refractivity contribution >= 4 is 15.6 Å². The molecule has 0 aliphatic carbocycles. The van der Waals surface area contributed by atoms with Crippen molar-refractivity contribution in [1.29, 1.82) is 0 Å². The van der Waals surface area contributed by atoms with Crippen molar-refractivity contribution in [2.24, 2.45) is 5.11 Å². The molecule has 0 saturated carbocycles. The van der Waals surface area contributed by atoms with E-state index in [0.717, 1.165) is 16.8 Å². The van der Waals surface area contributed by atoms with Crippen molar-refractivity contribution in [3.8, 4) is 0 Å². The molecule has 214 valence electrons. The Kier molecular flexibility index (Phi) is 9.64. The van der Waals surface area contributed by atoms with Gasteiger partial charge in [0.1, 0.15) is 24.4 Å². The van der Waals surface area contributed by atoms with E-state index in [-0.39, 0.29) is 0 Å². The Bertz CT molecular complexity index is 1250. The molecule has 3 heterocycles. The summed E-state index contributed by atoms with van der Waals surface area (Å²) in [5.41, 5.74) is 6.77. The first-order chi connectivity index (χ1) is 17.7. The maximum atomic E-state index is 12.3. The molecule has 3 rings (SSSR count). The Balaban J connectivity index is 1.62. The zero-order valence-corrected chi connectivity index (χ0v) is 20.5. The highest BCUT2D eigenvalue weighted by atomic mass is 31.3. The van der Waals surface area contributed by atoms with Gasteiger partial charge in [-0.3, -0.25) is 23.4 Å². The van der Waals surface area contributed by atoms with E-state index in [9.17, 15) is 54.0 Å². The van der Waals surface area contributed by atoms with Crippen LogP contribution in [0.2, 0.25) is 0 Å². The fourth-order valence-electron chi connectivity index (χ4n) is 3.55. The van der Waals surface area contributed by atoms with Crippen LogP contribution < -0.4 is 11.2 Å². The zero-order valence-electron chi connectivity index (χ0n) is 18.8.